The zero-order valence-electron chi connectivity index (χ0n) is 12.1. The van der Waals surface area contributed by atoms with E-state index in [-0.39, 0.29) is 0 Å². The fourth-order valence-electron chi connectivity index (χ4n) is 3.49. The van der Waals surface area contributed by atoms with Gasteiger partial charge in [-0.05, 0) is 44.9 Å². The van der Waals surface area contributed by atoms with Crippen molar-refractivity contribution in [3.63, 3.8) is 0 Å². The Morgan fingerprint density at radius 2 is 2.06 bits per heavy atom. The van der Waals surface area contributed by atoms with Gasteiger partial charge < -0.3 is 5.32 Å². The third-order valence-electron chi connectivity index (χ3n) is 5.08. The molecule has 2 rings (SSSR count). The normalized spacial score (nSPS) is 44.1. The van der Waals surface area contributed by atoms with Crippen LogP contribution in [0.25, 0.3) is 0 Å². The van der Waals surface area contributed by atoms with Crippen LogP contribution in [0.1, 0.15) is 53.4 Å². The van der Waals surface area contributed by atoms with Crippen LogP contribution < -0.4 is 5.32 Å². The van der Waals surface area contributed by atoms with E-state index in [9.17, 15) is 0 Å². The average Bonchev–Trinajstić information content (AvgIpc) is 2.70. The van der Waals surface area contributed by atoms with Crippen LogP contribution in [0.4, 0.5) is 0 Å². The lowest BCUT2D eigenvalue weighted by Crippen LogP contribution is -2.62. The van der Waals surface area contributed by atoms with Crippen LogP contribution in [0.3, 0.4) is 0 Å². The van der Waals surface area contributed by atoms with Crippen LogP contribution in [-0.4, -0.2) is 36.1 Å². The molecule has 1 aliphatic carbocycles. The smallest absolute Gasteiger partial charge is 0.0278 e. The molecule has 1 heterocycles. The number of nitrogens with zero attached hydrogens (tertiary/aromatic N) is 1. The molecular weight excluding hydrogens is 208 g/mol. The largest absolute Gasteiger partial charge is 0.309 e. The maximum atomic E-state index is 3.72. The molecule has 1 saturated carbocycles. The van der Waals surface area contributed by atoms with Gasteiger partial charge in [-0.3, -0.25) is 4.90 Å². The molecule has 2 fully saturated rings. The summed E-state index contributed by atoms with van der Waals surface area (Å²) in [7, 11) is 0. The first-order valence-electron chi connectivity index (χ1n) is 7.51. The van der Waals surface area contributed by atoms with Gasteiger partial charge in [-0.2, -0.15) is 0 Å². The summed E-state index contributed by atoms with van der Waals surface area (Å²) in [5.74, 6) is 1.93. The van der Waals surface area contributed by atoms with E-state index in [1.165, 1.54) is 38.8 Å². The van der Waals surface area contributed by atoms with Gasteiger partial charge in [0.25, 0.3) is 0 Å². The van der Waals surface area contributed by atoms with E-state index >= 15 is 0 Å². The van der Waals surface area contributed by atoms with E-state index in [2.05, 4.69) is 37.9 Å². The molecule has 1 saturated heterocycles. The minimum Gasteiger partial charge on any atom is -0.309 e. The van der Waals surface area contributed by atoms with Crippen molar-refractivity contribution >= 4 is 0 Å². The van der Waals surface area contributed by atoms with Crippen molar-refractivity contribution in [1.29, 1.82) is 0 Å². The lowest BCUT2D eigenvalue weighted by atomic mass is 9.92. The van der Waals surface area contributed by atoms with Crippen molar-refractivity contribution in [1.82, 2.24) is 10.2 Å². The van der Waals surface area contributed by atoms with Gasteiger partial charge in [-0.25, -0.2) is 0 Å². The second kappa shape index (κ2) is 5.27. The highest BCUT2D eigenvalue weighted by Gasteiger charge is 2.34. The second-order valence-corrected chi connectivity index (χ2v) is 6.86. The molecule has 1 aliphatic heterocycles. The number of hydrogen-bond donors (Lipinski definition) is 1. The van der Waals surface area contributed by atoms with Crippen molar-refractivity contribution in [3.8, 4) is 0 Å². The van der Waals surface area contributed by atoms with Gasteiger partial charge in [-0.1, -0.05) is 20.3 Å². The molecule has 17 heavy (non-hydrogen) atoms. The summed E-state index contributed by atoms with van der Waals surface area (Å²) in [5.41, 5.74) is 0.344. The average molecular weight is 238 g/mol. The Morgan fingerprint density at radius 1 is 1.29 bits per heavy atom. The Hall–Kier alpha value is -0.0800. The van der Waals surface area contributed by atoms with E-state index in [0.717, 1.165) is 18.4 Å². The summed E-state index contributed by atoms with van der Waals surface area (Å²) in [6.07, 6.45) is 5.60. The van der Waals surface area contributed by atoms with Crippen LogP contribution in [-0.2, 0) is 0 Å². The first kappa shape index (κ1) is 13.4. The fraction of sp³-hybridized carbons (Fsp3) is 1.00. The SMILES string of the molecule is CCC1(C)CN(CC2CCC(C)C2)C(C)CN1. The Bertz CT molecular complexity index is 253. The molecule has 4 atom stereocenters. The quantitative estimate of drug-likeness (QED) is 0.813. The minimum atomic E-state index is 0.344. The molecule has 0 aromatic heterocycles. The highest BCUT2D eigenvalue weighted by atomic mass is 15.2. The topological polar surface area (TPSA) is 15.3 Å². The van der Waals surface area contributed by atoms with E-state index in [1.54, 1.807) is 0 Å². The van der Waals surface area contributed by atoms with Gasteiger partial charge in [-0.15, -0.1) is 0 Å². The van der Waals surface area contributed by atoms with Crippen LogP contribution in [0, 0.1) is 11.8 Å². The first-order chi connectivity index (χ1) is 8.02. The number of rotatable bonds is 3. The van der Waals surface area contributed by atoms with E-state index in [4.69, 9.17) is 0 Å². The van der Waals surface area contributed by atoms with Crippen LogP contribution in [0.2, 0.25) is 0 Å². The zero-order valence-corrected chi connectivity index (χ0v) is 12.1. The standard InChI is InChI=1S/C15H30N2/c1-5-15(4)11-17(13(3)9-16-15)10-14-7-6-12(2)8-14/h12-14,16H,5-11H2,1-4H3. The lowest BCUT2D eigenvalue weighted by molar-refractivity contribution is 0.0781. The van der Waals surface area contributed by atoms with Crippen LogP contribution in [0.5, 0.6) is 0 Å². The van der Waals surface area contributed by atoms with Crippen LogP contribution >= 0.6 is 0 Å². The predicted molar refractivity (Wildman–Crippen MR) is 74.2 cm³/mol. The van der Waals surface area contributed by atoms with Crippen molar-refractivity contribution < 1.29 is 0 Å². The maximum absolute atomic E-state index is 3.72. The number of nitrogens with one attached hydrogen (secondary N) is 1. The third kappa shape index (κ3) is 3.23. The summed E-state index contributed by atoms with van der Waals surface area (Å²) in [6, 6.07) is 0.713. The molecule has 0 bridgehead atoms. The van der Waals surface area contributed by atoms with Crippen molar-refractivity contribution in [2.75, 3.05) is 19.6 Å². The number of piperazine rings is 1. The van der Waals surface area contributed by atoms with E-state index in [1.807, 2.05) is 0 Å². The Labute approximate surface area is 107 Å². The van der Waals surface area contributed by atoms with Gasteiger partial charge in [0, 0.05) is 31.2 Å². The molecule has 0 radical (unpaired) electrons. The summed E-state index contributed by atoms with van der Waals surface area (Å²) >= 11 is 0. The molecular formula is C15H30N2. The van der Waals surface area contributed by atoms with Crippen molar-refractivity contribution in [2.24, 2.45) is 11.8 Å². The molecule has 2 nitrogen and oxygen atoms in total. The first-order valence-corrected chi connectivity index (χ1v) is 7.51. The van der Waals surface area contributed by atoms with Gasteiger partial charge in [0.15, 0.2) is 0 Å². The second-order valence-electron chi connectivity index (χ2n) is 6.86. The molecule has 100 valence electrons. The minimum absolute atomic E-state index is 0.344. The Morgan fingerprint density at radius 3 is 2.65 bits per heavy atom. The van der Waals surface area contributed by atoms with E-state index in [0.29, 0.717) is 11.6 Å². The number of hydrogen-bond acceptors (Lipinski definition) is 2. The summed E-state index contributed by atoms with van der Waals surface area (Å²) < 4.78 is 0. The van der Waals surface area contributed by atoms with Crippen molar-refractivity contribution in [3.05, 3.63) is 0 Å². The monoisotopic (exact) mass is 238 g/mol. The summed E-state index contributed by atoms with van der Waals surface area (Å²) in [6.45, 7) is 13.2. The van der Waals surface area contributed by atoms with Crippen LogP contribution in [0.15, 0.2) is 0 Å². The lowest BCUT2D eigenvalue weighted by Gasteiger charge is -2.45. The molecule has 0 aromatic carbocycles. The molecule has 1 N–H and O–H groups in total. The zero-order chi connectivity index (χ0) is 12.5. The molecule has 2 aliphatic rings. The Kier molecular flexibility index (Phi) is 4.14. The molecule has 0 aromatic rings. The van der Waals surface area contributed by atoms with Gasteiger partial charge >= 0.3 is 0 Å². The molecule has 2 heteroatoms. The van der Waals surface area contributed by atoms with Gasteiger partial charge in [0.1, 0.15) is 0 Å². The van der Waals surface area contributed by atoms with Crippen molar-refractivity contribution in [2.45, 2.75) is 65.0 Å². The molecule has 0 amide bonds. The highest BCUT2D eigenvalue weighted by Crippen LogP contribution is 2.32. The maximum Gasteiger partial charge on any atom is 0.0278 e. The van der Waals surface area contributed by atoms with E-state index < -0.39 is 0 Å². The molecule has 4 unspecified atom stereocenters. The third-order valence-corrected chi connectivity index (χ3v) is 5.08. The predicted octanol–water partition coefficient (Wildman–Crippen LogP) is 2.89. The van der Waals surface area contributed by atoms with Gasteiger partial charge in [0.05, 0.1) is 0 Å². The fourth-order valence-corrected chi connectivity index (χ4v) is 3.49. The van der Waals surface area contributed by atoms with Gasteiger partial charge in [0.2, 0.25) is 0 Å². The molecule has 0 spiro atoms. The summed E-state index contributed by atoms with van der Waals surface area (Å²) in [5, 5.41) is 3.72. The summed E-state index contributed by atoms with van der Waals surface area (Å²) in [4.78, 5) is 2.74. The Balaban J connectivity index is 1.89. The highest BCUT2D eigenvalue weighted by molar-refractivity contribution is 4.94.